The van der Waals surface area contributed by atoms with E-state index in [1.807, 2.05) is 0 Å². The first-order valence-corrected chi connectivity index (χ1v) is 11.2. The minimum atomic E-state index is -0.323. The summed E-state index contributed by atoms with van der Waals surface area (Å²) in [5.41, 5.74) is 4.39. The van der Waals surface area contributed by atoms with E-state index in [4.69, 9.17) is 0 Å². The average Bonchev–Trinajstić information content (AvgIpc) is 3.48. The van der Waals surface area contributed by atoms with Crippen molar-refractivity contribution in [2.45, 2.75) is 25.8 Å². The molecule has 2 heterocycles. The Bertz CT molecular complexity index is 1210. The SMILES string of the molecule is O=C(Nc1ccc(CN2C(=O)CSC2=O)cc1)c1nn(-c2ccc(F)cc2)c2c1CCC2. The minimum absolute atomic E-state index is 0.182. The number of fused-ring (bicyclic) bond motifs is 1. The second-order valence-electron chi connectivity index (χ2n) is 7.70. The number of halogens is 1. The fourth-order valence-electron chi connectivity index (χ4n) is 4.02. The molecule has 0 spiro atoms. The summed E-state index contributed by atoms with van der Waals surface area (Å²) in [5, 5.41) is 7.16. The number of hydrogen-bond donors (Lipinski definition) is 1. The summed E-state index contributed by atoms with van der Waals surface area (Å²) in [7, 11) is 0. The molecule has 32 heavy (non-hydrogen) atoms. The van der Waals surface area contributed by atoms with Crippen molar-refractivity contribution in [2.75, 3.05) is 11.1 Å². The molecule has 3 aromatic rings. The third-order valence-electron chi connectivity index (χ3n) is 5.61. The van der Waals surface area contributed by atoms with E-state index in [2.05, 4.69) is 10.4 Å². The topological polar surface area (TPSA) is 84.3 Å². The monoisotopic (exact) mass is 450 g/mol. The summed E-state index contributed by atoms with van der Waals surface area (Å²) >= 11 is 1.01. The summed E-state index contributed by atoms with van der Waals surface area (Å²) in [6, 6.07) is 13.1. The zero-order valence-corrected chi connectivity index (χ0v) is 17.8. The Balaban J connectivity index is 1.33. The second kappa shape index (κ2) is 8.23. The van der Waals surface area contributed by atoms with Gasteiger partial charge in [-0.05, 0) is 61.2 Å². The first-order valence-electron chi connectivity index (χ1n) is 10.2. The van der Waals surface area contributed by atoms with Crippen LogP contribution in [0.3, 0.4) is 0 Å². The summed E-state index contributed by atoms with van der Waals surface area (Å²) in [4.78, 5) is 37.7. The van der Waals surface area contributed by atoms with Crippen LogP contribution >= 0.6 is 11.8 Å². The Morgan fingerprint density at radius 1 is 1.06 bits per heavy atom. The molecule has 1 saturated heterocycles. The molecule has 2 aliphatic rings. The number of benzene rings is 2. The van der Waals surface area contributed by atoms with Gasteiger partial charge in [-0.25, -0.2) is 9.07 Å². The first kappa shape index (κ1) is 20.4. The highest BCUT2D eigenvalue weighted by atomic mass is 32.2. The van der Waals surface area contributed by atoms with Gasteiger partial charge < -0.3 is 5.32 Å². The number of nitrogens with zero attached hydrogens (tertiary/aromatic N) is 3. The minimum Gasteiger partial charge on any atom is -0.321 e. The zero-order valence-electron chi connectivity index (χ0n) is 17.0. The van der Waals surface area contributed by atoms with Crippen molar-refractivity contribution in [3.63, 3.8) is 0 Å². The standard InChI is InChI=1S/C23H19FN4O3S/c24-15-6-10-17(11-7-15)28-19-3-1-2-18(19)21(26-28)22(30)25-16-8-4-14(5-9-16)12-27-20(29)13-32-23(27)31/h4-11H,1-3,12-13H2,(H,25,30). The molecule has 2 aromatic carbocycles. The third-order valence-corrected chi connectivity index (χ3v) is 6.47. The van der Waals surface area contributed by atoms with Crippen molar-refractivity contribution in [3.05, 3.63) is 76.9 Å². The number of rotatable bonds is 5. The van der Waals surface area contributed by atoms with Crippen molar-refractivity contribution in [1.82, 2.24) is 14.7 Å². The van der Waals surface area contributed by atoms with Crippen LogP contribution < -0.4 is 5.32 Å². The van der Waals surface area contributed by atoms with Crippen molar-refractivity contribution in [2.24, 2.45) is 0 Å². The number of carbonyl (C=O) groups excluding carboxylic acids is 3. The molecule has 9 heteroatoms. The molecule has 7 nitrogen and oxygen atoms in total. The van der Waals surface area contributed by atoms with E-state index in [0.717, 1.165) is 53.5 Å². The van der Waals surface area contributed by atoms with E-state index in [1.165, 1.54) is 17.0 Å². The molecular weight excluding hydrogens is 431 g/mol. The van der Waals surface area contributed by atoms with E-state index in [1.54, 1.807) is 41.1 Å². The summed E-state index contributed by atoms with van der Waals surface area (Å²) < 4.78 is 15.0. The Morgan fingerprint density at radius 2 is 1.81 bits per heavy atom. The lowest BCUT2D eigenvalue weighted by molar-refractivity contribution is -0.125. The molecule has 1 fully saturated rings. The van der Waals surface area contributed by atoms with Gasteiger partial charge in [-0.2, -0.15) is 5.10 Å². The molecule has 1 aliphatic carbocycles. The highest BCUT2D eigenvalue weighted by Gasteiger charge is 2.30. The van der Waals surface area contributed by atoms with Gasteiger partial charge in [-0.3, -0.25) is 19.3 Å². The molecular formula is C23H19FN4O3S. The van der Waals surface area contributed by atoms with Gasteiger partial charge in [-0.15, -0.1) is 0 Å². The van der Waals surface area contributed by atoms with E-state index < -0.39 is 0 Å². The van der Waals surface area contributed by atoms with Gasteiger partial charge in [0.1, 0.15) is 5.82 Å². The number of carbonyl (C=O) groups is 3. The lowest BCUT2D eigenvalue weighted by Gasteiger charge is -2.13. The van der Waals surface area contributed by atoms with Gasteiger partial charge in [-0.1, -0.05) is 23.9 Å². The van der Waals surface area contributed by atoms with Crippen molar-refractivity contribution >= 4 is 34.5 Å². The van der Waals surface area contributed by atoms with Crippen LogP contribution in [0, 0.1) is 5.82 Å². The van der Waals surface area contributed by atoms with Gasteiger partial charge in [0.2, 0.25) is 5.91 Å². The van der Waals surface area contributed by atoms with Crippen LogP contribution in [-0.4, -0.2) is 37.5 Å². The van der Waals surface area contributed by atoms with Crippen LogP contribution in [0.25, 0.3) is 5.69 Å². The Morgan fingerprint density at radius 3 is 2.50 bits per heavy atom. The largest absolute Gasteiger partial charge is 0.321 e. The van der Waals surface area contributed by atoms with E-state index in [-0.39, 0.29) is 35.2 Å². The highest BCUT2D eigenvalue weighted by molar-refractivity contribution is 8.14. The van der Waals surface area contributed by atoms with Crippen LogP contribution in [0.4, 0.5) is 14.9 Å². The number of hydrogen-bond acceptors (Lipinski definition) is 5. The highest BCUT2D eigenvalue weighted by Crippen LogP contribution is 2.28. The van der Waals surface area contributed by atoms with Crippen LogP contribution in [0.15, 0.2) is 48.5 Å². The quantitative estimate of drug-likeness (QED) is 0.636. The zero-order chi connectivity index (χ0) is 22.2. The number of nitrogens with one attached hydrogen (secondary N) is 1. The summed E-state index contributed by atoms with van der Waals surface area (Å²) in [5.74, 6) is -0.640. The summed E-state index contributed by atoms with van der Waals surface area (Å²) in [6.07, 6.45) is 2.53. The first-order chi connectivity index (χ1) is 15.5. The van der Waals surface area contributed by atoms with E-state index in [0.29, 0.717) is 11.4 Å². The molecule has 3 amide bonds. The molecule has 1 N–H and O–H groups in total. The maximum absolute atomic E-state index is 13.3. The van der Waals surface area contributed by atoms with Gasteiger partial charge in [0, 0.05) is 16.9 Å². The molecule has 1 aromatic heterocycles. The maximum Gasteiger partial charge on any atom is 0.289 e. The molecule has 0 bridgehead atoms. The summed E-state index contributed by atoms with van der Waals surface area (Å²) in [6.45, 7) is 0.217. The molecule has 5 rings (SSSR count). The molecule has 162 valence electrons. The van der Waals surface area contributed by atoms with E-state index >= 15 is 0 Å². The van der Waals surface area contributed by atoms with Crippen molar-refractivity contribution < 1.29 is 18.8 Å². The van der Waals surface area contributed by atoms with Gasteiger partial charge in [0.05, 0.1) is 18.0 Å². The molecule has 0 saturated carbocycles. The number of anilines is 1. The van der Waals surface area contributed by atoms with Crippen LogP contribution in [-0.2, 0) is 24.2 Å². The Labute approximate surface area is 187 Å². The smallest absolute Gasteiger partial charge is 0.289 e. The number of imide groups is 1. The number of aromatic nitrogens is 2. The molecule has 0 atom stereocenters. The van der Waals surface area contributed by atoms with Crippen LogP contribution in [0.5, 0.6) is 0 Å². The normalized spacial score (nSPS) is 15.3. The van der Waals surface area contributed by atoms with Crippen molar-refractivity contribution in [3.8, 4) is 5.69 Å². The lowest BCUT2D eigenvalue weighted by atomic mass is 10.1. The Kier molecular flexibility index (Phi) is 5.26. The predicted octanol–water partition coefficient (Wildman–Crippen LogP) is 3.95. The van der Waals surface area contributed by atoms with E-state index in [9.17, 15) is 18.8 Å². The number of thioether (sulfide) groups is 1. The van der Waals surface area contributed by atoms with Crippen LogP contribution in [0.1, 0.15) is 33.7 Å². The van der Waals surface area contributed by atoms with Gasteiger partial charge >= 0.3 is 0 Å². The lowest BCUT2D eigenvalue weighted by Crippen LogP contribution is -2.27. The van der Waals surface area contributed by atoms with Gasteiger partial charge in [0.15, 0.2) is 5.69 Å². The fraction of sp³-hybridized carbons (Fsp3) is 0.217. The third kappa shape index (κ3) is 3.80. The predicted molar refractivity (Wildman–Crippen MR) is 118 cm³/mol. The van der Waals surface area contributed by atoms with Crippen molar-refractivity contribution in [1.29, 1.82) is 0 Å². The fourth-order valence-corrected chi connectivity index (χ4v) is 4.74. The maximum atomic E-state index is 13.3. The molecule has 0 radical (unpaired) electrons. The van der Waals surface area contributed by atoms with Gasteiger partial charge in [0.25, 0.3) is 11.1 Å². The number of amides is 3. The molecule has 1 aliphatic heterocycles. The van der Waals surface area contributed by atoms with Crippen LogP contribution in [0.2, 0.25) is 0 Å². The average molecular weight is 450 g/mol. The second-order valence-corrected chi connectivity index (χ2v) is 8.63. The molecule has 0 unspecified atom stereocenters. The Hall–Kier alpha value is -3.46.